The molecule has 0 spiro atoms. The van der Waals surface area contributed by atoms with Crippen molar-refractivity contribution in [3.05, 3.63) is 41.5 Å². The molecule has 0 aliphatic heterocycles. The standard InChI is InChI=1S/C14H18F2/c1-3-5-7-11(6-4-2)13-10-12(15)8-9-14(13)16/h6,8-10H,3-5,7H2,1-2H3/b11-6-. The summed E-state index contributed by atoms with van der Waals surface area (Å²) in [6, 6.07) is 3.63. The van der Waals surface area contributed by atoms with E-state index >= 15 is 0 Å². The average molecular weight is 224 g/mol. The minimum absolute atomic E-state index is 0.336. The third-order valence-corrected chi connectivity index (χ3v) is 2.52. The van der Waals surface area contributed by atoms with Gasteiger partial charge in [-0.25, -0.2) is 8.78 Å². The number of rotatable bonds is 5. The van der Waals surface area contributed by atoms with Gasteiger partial charge in [-0.05, 0) is 43.0 Å². The highest BCUT2D eigenvalue weighted by Crippen LogP contribution is 2.24. The molecule has 0 bridgehead atoms. The lowest BCUT2D eigenvalue weighted by Crippen LogP contribution is -1.92. The van der Waals surface area contributed by atoms with Crippen LogP contribution in [0.5, 0.6) is 0 Å². The Kier molecular flexibility index (Phi) is 5.17. The molecular weight excluding hydrogens is 206 g/mol. The van der Waals surface area contributed by atoms with E-state index < -0.39 is 0 Å². The predicted octanol–water partition coefficient (Wildman–Crippen LogP) is 4.95. The van der Waals surface area contributed by atoms with Gasteiger partial charge in [0, 0.05) is 5.56 Å². The SMILES string of the molecule is CC/C=C(/CCCC)c1cc(F)ccc1F. The van der Waals surface area contributed by atoms with Gasteiger partial charge < -0.3 is 0 Å². The summed E-state index contributed by atoms with van der Waals surface area (Å²) in [6.07, 6.45) is 5.69. The van der Waals surface area contributed by atoms with Gasteiger partial charge >= 0.3 is 0 Å². The molecule has 1 aromatic rings. The average Bonchev–Trinajstić information content (AvgIpc) is 2.28. The highest BCUT2D eigenvalue weighted by Gasteiger charge is 2.08. The van der Waals surface area contributed by atoms with Crippen LogP contribution in [-0.2, 0) is 0 Å². The molecule has 0 unspecified atom stereocenters. The molecule has 0 heterocycles. The quantitative estimate of drug-likeness (QED) is 0.664. The van der Waals surface area contributed by atoms with Crippen LogP contribution in [0.4, 0.5) is 8.78 Å². The van der Waals surface area contributed by atoms with E-state index in [9.17, 15) is 8.78 Å². The Labute approximate surface area is 96.0 Å². The maximum atomic E-state index is 13.6. The summed E-state index contributed by atoms with van der Waals surface area (Å²) in [4.78, 5) is 0. The maximum absolute atomic E-state index is 13.6. The Balaban J connectivity index is 3.00. The Morgan fingerprint density at radius 3 is 2.62 bits per heavy atom. The summed E-state index contributed by atoms with van der Waals surface area (Å²) in [5.41, 5.74) is 1.33. The summed E-state index contributed by atoms with van der Waals surface area (Å²) >= 11 is 0. The van der Waals surface area contributed by atoms with Crippen LogP contribution in [0.3, 0.4) is 0 Å². The fourth-order valence-corrected chi connectivity index (χ4v) is 1.70. The van der Waals surface area contributed by atoms with E-state index in [1.807, 2.05) is 13.0 Å². The topological polar surface area (TPSA) is 0 Å². The molecule has 1 rings (SSSR count). The molecule has 0 fully saturated rings. The molecule has 0 N–H and O–H groups in total. The van der Waals surface area contributed by atoms with Crippen molar-refractivity contribution in [2.45, 2.75) is 39.5 Å². The Bertz CT molecular complexity index is 367. The molecule has 0 saturated carbocycles. The number of allylic oxidation sites excluding steroid dienone is 2. The fraction of sp³-hybridized carbons (Fsp3) is 0.429. The largest absolute Gasteiger partial charge is 0.207 e. The zero-order valence-electron chi connectivity index (χ0n) is 9.89. The molecule has 16 heavy (non-hydrogen) atoms. The van der Waals surface area contributed by atoms with Gasteiger partial charge in [-0.1, -0.05) is 26.3 Å². The van der Waals surface area contributed by atoms with Crippen molar-refractivity contribution < 1.29 is 8.78 Å². The van der Waals surface area contributed by atoms with Crippen molar-refractivity contribution in [3.63, 3.8) is 0 Å². The van der Waals surface area contributed by atoms with Crippen LogP contribution < -0.4 is 0 Å². The van der Waals surface area contributed by atoms with Gasteiger partial charge in [0.25, 0.3) is 0 Å². The summed E-state index contributed by atoms with van der Waals surface area (Å²) in [7, 11) is 0. The molecule has 88 valence electrons. The second kappa shape index (κ2) is 6.41. The van der Waals surface area contributed by atoms with Crippen molar-refractivity contribution in [1.82, 2.24) is 0 Å². The second-order valence-electron chi connectivity index (χ2n) is 3.87. The van der Waals surface area contributed by atoms with Crippen molar-refractivity contribution >= 4 is 5.57 Å². The van der Waals surface area contributed by atoms with Crippen LogP contribution in [0.15, 0.2) is 24.3 Å². The summed E-state index contributed by atoms with van der Waals surface area (Å²) in [6.45, 7) is 4.09. The van der Waals surface area contributed by atoms with Crippen LogP contribution in [0.2, 0.25) is 0 Å². The zero-order chi connectivity index (χ0) is 12.0. The van der Waals surface area contributed by atoms with Crippen LogP contribution in [0.25, 0.3) is 5.57 Å². The van der Waals surface area contributed by atoms with Gasteiger partial charge in [0.05, 0.1) is 0 Å². The molecule has 2 heteroatoms. The maximum Gasteiger partial charge on any atom is 0.130 e. The zero-order valence-corrected chi connectivity index (χ0v) is 9.89. The van der Waals surface area contributed by atoms with Crippen molar-refractivity contribution in [2.24, 2.45) is 0 Å². The van der Waals surface area contributed by atoms with Gasteiger partial charge in [-0.3, -0.25) is 0 Å². The molecule has 0 radical (unpaired) electrons. The van der Waals surface area contributed by atoms with Crippen LogP contribution in [-0.4, -0.2) is 0 Å². The minimum Gasteiger partial charge on any atom is -0.207 e. The molecular formula is C14H18F2. The van der Waals surface area contributed by atoms with Gasteiger partial charge in [-0.15, -0.1) is 0 Å². The smallest absolute Gasteiger partial charge is 0.130 e. The molecule has 0 aliphatic rings. The Hall–Kier alpha value is -1.18. The molecule has 0 nitrogen and oxygen atoms in total. The van der Waals surface area contributed by atoms with E-state index in [4.69, 9.17) is 0 Å². The molecule has 0 aromatic heterocycles. The second-order valence-corrected chi connectivity index (χ2v) is 3.87. The third-order valence-electron chi connectivity index (χ3n) is 2.52. The van der Waals surface area contributed by atoms with Crippen LogP contribution in [0, 0.1) is 11.6 Å². The number of benzene rings is 1. The summed E-state index contributed by atoms with van der Waals surface area (Å²) < 4.78 is 26.6. The van der Waals surface area contributed by atoms with Gasteiger partial charge in [0.1, 0.15) is 11.6 Å². The van der Waals surface area contributed by atoms with Crippen LogP contribution >= 0.6 is 0 Å². The first-order chi connectivity index (χ1) is 7.69. The first-order valence-electron chi connectivity index (χ1n) is 5.83. The molecule has 0 amide bonds. The summed E-state index contributed by atoms with van der Waals surface area (Å²) in [5, 5.41) is 0. The van der Waals surface area contributed by atoms with Crippen molar-refractivity contribution in [1.29, 1.82) is 0 Å². The van der Waals surface area contributed by atoms with Gasteiger partial charge in [0.15, 0.2) is 0 Å². The fourth-order valence-electron chi connectivity index (χ4n) is 1.70. The van der Waals surface area contributed by atoms with E-state index in [0.29, 0.717) is 5.56 Å². The van der Waals surface area contributed by atoms with Crippen LogP contribution in [0.1, 0.15) is 45.1 Å². The molecule has 1 aromatic carbocycles. The van der Waals surface area contributed by atoms with E-state index in [-0.39, 0.29) is 11.6 Å². The summed E-state index contributed by atoms with van der Waals surface area (Å²) in [5.74, 6) is -0.716. The predicted molar refractivity (Wildman–Crippen MR) is 64.2 cm³/mol. The molecule has 0 aliphatic carbocycles. The van der Waals surface area contributed by atoms with E-state index in [1.165, 1.54) is 12.1 Å². The monoisotopic (exact) mass is 224 g/mol. The third kappa shape index (κ3) is 3.44. The normalized spacial score (nSPS) is 11.9. The van der Waals surface area contributed by atoms with E-state index in [1.54, 1.807) is 0 Å². The number of halogens is 2. The first-order valence-corrected chi connectivity index (χ1v) is 5.83. The number of unbranched alkanes of at least 4 members (excludes halogenated alkanes) is 1. The lowest BCUT2D eigenvalue weighted by molar-refractivity contribution is 0.595. The number of hydrogen-bond acceptors (Lipinski definition) is 0. The molecule has 0 saturated heterocycles. The first kappa shape index (κ1) is 12.9. The van der Waals surface area contributed by atoms with Gasteiger partial charge in [0.2, 0.25) is 0 Å². The highest BCUT2D eigenvalue weighted by atomic mass is 19.1. The Morgan fingerprint density at radius 2 is 2.00 bits per heavy atom. The minimum atomic E-state index is -0.380. The number of hydrogen-bond donors (Lipinski definition) is 0. The lowest BCUT2D eigenvalue weighted by atomic mass is 9.98. The highest BCUT2D eigenvalue weighted by molar-refractivity contribution is 5.66. The van der Waals surface area contributed by atoms with Crippen molar-refractivity contribution in [2.75, 3.05) is 0 Å². The Morgan fingerprint density at radius 1 is 1.25 bits per heavy atom. The van der Waals surface area contributed by atoms with Crippen molar-refractivity contribution in [3.8, 4) is 0 Å². The van der Waals surface area contributed by atoms with E-state index in [0.717, 1.165) is 37.3 Å². The lowest BCUT2D eigenvalue weighted by Gasteiger charge is -2.08. The van der Waals surface area contributed by atoms with E-state index in [2.05, 4.69) is 6.92 Å². The molecule has 0 atom stereocenters. The van der Waals surface area contributed by atoms with Gasteiger partial charge in [-0.2, -0.15) is 0 Å².